The third-order valence-corrected chi connectivity index (χ3v) is 2.40. The molecule has 0 radical (unpaired) electrons. The summed E-state index contributed by atoms with van der Waals surface area (Å²) in [5.74, 6) is 1.21. The minimum absolute atomic E-state index is 0.149. The number of nitrogens with one attached hydrogen (secondary N) is 1. The summed E-state index contributed by atoms with van der Waals surface area (Å²) in [5.41, 5.74) is 0. The zero-order valence-electron chi connectivity index (χ0n) is 8.18. The third-order valence-electron chi connectivity index (χ3n) is 1.70. The first-order valence-corrected chi connectivity index (χ1v) is 6.08. The number of hydrogen-bond donors (Lipinski definition) is 2. The maximum absolute atomic E-state index is 9.34. The molecular weight excluding hydrogens is 170 g/mol. The van der Waals surface area contributed by atoms with Crippen LogP contribution in [0.2, 0.25) is 0 Å². The fourth-order valence-electron chi connectivity index (χ4n) is 1.05. The van der Waals surface area contributed by atoms with Crippen LogP contribution in [-0.2, 0) is 0 Å². The van der Waals surface area contributed by atoms with Gasteiger partial charge in [-0.2, -0.15) is 11.8 Å². The van der Waals surface area contributed by atoms with Crippen molar-refractivity contribution < 1.29 is 5.11 Å². The molecule has 0 saturated heterocycles. The van der Waals surface area contributed by atoms with Gasteiger partial charge in [0.15, 0.2) is 0 Å². The molecule has 0 spiro atoms. The molecular formula is C9H21NOS. The normalized spacial score (nSPS) is 13.2. The van der Waals surface area contributed by atoms with Crippen molar-refractivity contribution in [1.82, 2.24) is 5.32 Å². The molecule has 0 heterocycles. The van der Waals surface area contributed by atoms with Crippen molar-refractivity contribution in [3.05, 3.63) is 0 Å². The molecule has 1 atom stereocenters. The van der Waals surface area contributed by atoms with Crippen molar-refractivity contribution in [1.29, 1.82) is 0 Å². The molecule has 0 aliphatic heterocycles. The van der Waals surface area contributed by atoms with E-state index >= 15 is 0 Å². The quantitative estimate of drug-likeness (QED) is 0.570. The molecule has 2 N–H and O–H groups in total. The van der Waals surface area contributed by atoms with Gasteiger partial charge < -0.3 is 10.4 Å². The van der Waals surface area contributed by atoms with E-state index in [9.17, 15) is 5.11 Å². The molecule has 3 heteroatoms. The molecule has 0 rings (SSSR count). The van der Waals surface area contributed by atoms with Crippen molar-refractivity contribution in [3.8, 4) is 0 Å². The van der Waals surface area contributed by atoms with Crippen LogP contribution in [0.3, 0.4) is 0 Å². The van der Waals surface area contributed by atoms with Crippen LogP contribution in [0.4, 0.5) is 0 Å². The summed E-state index contributed by atoms with van der Waals surface area (Å²) in [7, 11) is 0. The van der Waals surface area contributed by atoms with Crippen molar-refractivity contribution in [2.45, 2.75) is 32.3 Å². The maximum Gasteiger partial charge on any atom is 0.0664 e. The minimum atomic E-state index is -0.149. The Morgan fingerprint density at radius 2 is 2.25 bits per heavy atom. The Hall–Kier alpha value is 0.270. The fraction of sp³-hybridized carbons (Fsp3) is 1.00. The second-order valence-electron chi connectivity index (χ2n) is 2.99. The molecule has 0 aromatic rings. The van der Waals surface area contributed by atoms with Gasteiger partial charge in [0, 0.05) is 6.54 Å². The lowest BCUT2D eigenvalue weighted by molar-refractivity contribution is 0.161. The molecule has 2 nitrogen and oxygen atoms in total. The molecule has 74 valence electrons. The van der Waals surface area contributed by atoms with Crippen LogP contribution in [0.25, 0.3) is 0 Å². The Morgan fingerprint density at radius 3 is 2.83 bits per heavy atom. The molecule has 0 bridgehead atoms. The lowest BCUT2D eigenvalue weighted by Crippen LogP contribution is -2.27. The van der Waals surface area contributed by atoms with Crippen LogP contribution in [0.15, 0.2) is 0 Å². The monoisotopic (exact) mass is 191 g/mol. The van der Waals surface area contributed by atoms with Gasteiger partial charge >= 0.3 is 0 Å². The smallest absolute Gasteiger partial charge is 0.0664 e. The van der Waals surface area contributed by atoms with Crippen LogP contribution in [0.5, 0.6) is 0 Å². The van der Waals surface area contributed by atoms with Crippen molar-refractivity contribution >= 4 is 11.8 Å². The summed E-state index contributed by atoms with van der Waals surface area (Å²) in [5, 5.41) is 12.6. The summed E-state index contributed by atoms with van der Waals surface area (Å²) >= 11 is 1.87. The van der Waals surface area contributed by atoms with Gasteiger partial charge in [-0.3, -0.25) is 0 Å². The molecule has 0 saturated carbocycles. The number of rotatable bonds is 8. The van der Waals surface area contributed by atoms with E-state index in [1.54, 1.807) is 0 Å². The first kappa shape index (κ1) is 12.3. The molecule has 0 amide bonds. The van der Waals surface area contributed by atoms with Crippen LogP contribution in [-0.4, -0.2) is 36.3 Å². The first-order valence-electron chi connectivity index (χ1n) is 4.69. The summed E-state index contributed by atoms with van der Waals surface area (Å²) in [6, 6.07) is 0. The molecule has 0 aliphatic carbocycles. The highest BCUT2D eigenvalue weighted by Crippen LogP contribution is 1.95. The molecule has 0 aromatic heterocycles. The first-order chi connectivity index (χ1) is 5.81. The molecule has 0 fully saturated rings. The molecule has 0 aromatic carbocycles. The average molecular weight is 191 g/mol. The zero-order valence-corrected chi connectivity index (χ0v) is 8.99. The molecule has 12 heavy (non-hydrogen) atoms. The summed E-state index contributed by atoms with van der Waals surface area (Å²) < 4.78 is 0. The Balaban J connectivity index is 2.97. The van der Waals surface area contributed by atoms with E-state index in [2.05, 4.69) is 18.5 Å². The number of aliphatic hydroxyl groups is 1. The zero-order chi connectivity index (χ0) is 9.23. The Bertz CT molecular complexity index is 90.6. The highest BCUT2D eigenvalue weighted by molar-refractivity contribution is 7.98. The second kappa shape index (κ2) is 9.36. The lowest BCUT2D eigenvalue weighted by Gasteiger charge is -2.09. The van der Waals surface area contributed by atoms with Crippen LogP contribution in [0, 0.1) is 0 Å². The van der Waals surface area contributed by atoms with Crippen molar-refractivity contribution in [2.24, 2.45) is 0 Å². The van der Waals surface area contributed by atoms with Gasteiger partial charge in [0.25, 0.3) is 0 Å². The van der Waals surface area contributed by atoms with Crippen LogP contribution in [0.1, 0.15) is 26.2 Å². The predicted molar refractivity (Wildman–Crippen MR) is 56.8 cm³/mol. The Kier molecular flexibility index (Phi) is 9.57. The van der Waals surface area contributed by atoms with E-state index in [-0.39, 0.29) is 6.10 Å². The van der Waals surface area contributed by atoms with E-state index in [1.807, 2.05) is 11.8 Å². The highest BCUT2D eigenvalue weighted by Gasteiger charge is 1.99. The van der Waals surface area contributed by atoms with Gasteiger partial charge in [0.2, 0.25) is 0 Å². The number of aliphatic hydroxyl groups excluding tert-OH is 1. The molecule has 0 aliphatic rings. The molecule has 1 unspecified atom stereocenters. The topological polar surface area (TPSA) is 32.3 Å². The summed E-state index contributed by atoms with van der Waals surface area (Å²) in [6.45, 7) is 3.88. The van der Waals surface area contributed by atoms with Gasteiger partial charge in [-0.15, -0.1) is 0 Å². The van der Waals surface area contributed by atoms with E-state index in [4.69, 9.17) is 0 Å². The summed E-state index contributed by atoms with van der Waals surface area (Å²) in [4.78, 5) is 0. The van der Waals surface area contributed by atoms with E-state index in [0.717, 1.165) is 25.9 Å². The van der Waals surface area contributed by atoms with Gasteiger partial charge in [0.05, 0.1) is 6.10 Å². The van der Waals surface area contributed by atoms with Gasteiger partial charge in [-0.1, -0.05) is 13.3 Å². The number of thioether (sulfide) groups is 1. The predicted octanol–water partition coefficient (Wildman–Crippen LogP) is 1.49. The van der Waals surface area contributed by atoms with Crippen LogP contribution < -0.4 is 5.32 Å². The maximum atomic E-state index is 9.34. The number of hydrogen-bond acceptors (Lipinski definition) is 3. The highest BCUT2D eigenvalue weighted by atomic mass is 32.2. The largest absolute Gasteiger partial charge is 0.392 e. The minimum Gasteiger partial charge on any atom is -0.392 e. The van der Waals surface area contributed by atoms with Crippen molar-refractivity contribution in [3.63, 3.8) is 0 Å². The summed E-state index contributed by atoms with van der Waals surface area (Å²) in [6.07, 6.45) is 5.14. The average Bonchev–Trinajstić information content (AvgIpc) is 2.05. The van der Waals surface area contributed by atoms with Crippen LogP contribution >= 0.6 is 11.8 Å². The van der Waals surface area contributed by atoms with Gasteiger partial charge in [0.1, 0.15) is 0 Å². The second-order valence-corrected chi connectivity index (χ2v) is 3.98. The Labute approximate surface area is 80.1 Å². The van der Waals surface area contributed by atoms with E-state index < -0.39 is 0 Å². The lowest BCUT2D eigenvalue weighted by atomic mass is 10.2. The van der Waals surface area contributed by atoms with E-state index in [0.29, 0.717) is 0 Å². The third kappa shape index (κ3) is 8.37. The SMILES string of the molecule is CCCC(O)CNCCCSC. The van der Waals surface area contributed by atoms with Gasteiger partial charge in [-0.25, -0.2) is 0 Å². The fourth-order valence-corrected chi connectivity index (χ4v) is 1.48. The standard InChI is InChI=1S/C9H21NOS/c1-3-5-9(11)8-10-6-4-7-12-2/h9-11H,3-8H2,1-2H3. The Morgan fingerprint density at radius 1 is 1.50 bits per heavy atom. The van der Waals surface area contributed by atoms with Crippen molar-refractivity contribution in [2.75, 3.05) is 25.1 Å². The van der Waals surface area contributed by atoms with Gasteiger partial charge in [-0.05, 0) is 31.4 Å². The van der Waals surface area contributed by atoms with E-state index in [1.165, 1.54) is 12.2 Å².